The van der Waals surface area contributed by atoms with Crippen molar-refractivity contribution < 1.29 is 9.32 Å². The zero-order valence-corrected chi connectivity index (χ0v) is 15.3. The number of aromatic nitrogens is 2. The van der Waals surface area contributed by atoms with Gasteiger partial charge in [-0.1, -0.05) is 25.9 Å². The first-order valence-corrected chi connectivity index (χ1v) is 9.38. The molecule has 0 radical (unpaired) electrons. The third kappa shape index (κ3) is 2.47. The average molecular weight is 331 g/mol. The van der Waals surface area contributed by atoms with E-state index in [1.54, 1.807) is 0 Å². The van der Waals surface area contributed by atoms with Crippen LogP contribution in [0.2, 0.25) is 0 Å². The standard InChI is InChI=1S/C19H29N3O2/c1-5-14-21-15(24-22-14)12(2)20-16(23)19-8-13-6-17(3,10-19)9-18(4,7-13)11-19/h12-13H,5-11H2,1-4H3,(H,20,23)/t12-,13?,17+,18+,19?/m0/s1. The van der Waals surface area contributed by atoms with Crippen molar-refractivity contribution in [1.82, 2.24) is 15.5 Å². The lowest BCUT2D eigenvalue weighted by molar-refractivity contribution is -0.170. The Kier molecular flexibility index (Phi) is 3.39. The van der Waals surface area contributed by atoms with Gasteiger partial charge in [0.25, 0.3) is 0 Å². The van der Waals surface area contributed by atoms with E-state index in [1.807, 2.05) is 13.8 Å². The van der Waals surface area contributed by atoms with Crippen LogP contribution in [-0.2, 0) is 11.2 Å². The number of nitrogens with one attached hydrogen (secondary N) is 1. The molecular weight excluding hydrogens is 302 g/mol. The van der Waals surface area contributed by atoms with Crippen LogP contribution in [0.3, 0.4) is 0 Å². The number of aryl methyl sites for hydroxylation is 1. The van der Waals surface area contributed by atoms with E-state index in [1.165, 1.54) is 19.3 Å². The minimum Gasteiger partial charge on any atom is -0.344 e. The second-order valence-electron chi connectivity index (χ2n) is 9.51. The molecule has 5 rings (SSSR count). The third-order valence-corrected chi connectivity index (χ3v) is 6.63. The fraction of sp³-hybridized carbons (Fsp3) is 0.842. The largest absolute Gasteiger partial charge is 0.344 e. The molecule has 1 N–H and O–H groups in total. The quantitative estimate of drug-likeness (QED) is 0.911. The molecule has 5 nitrogen and oxygen atoms in total. The lowest BCUT2D eigenvalue weighted by Crippen LogP contribution is -2.60. The van der Waals surface area contributed by atoms with Gasteiger partial charge >= 0.3 is 0 Å². The van der Waals surface area contributed by atoms with E-state index in [9.17, 15) is 4.79 Å². The van der Waals surface area contributed by atoms with Crippen molar-refractivity contribution in [2.45, 2.75) is 78.7 Å². The van der Waals surface area contributed by atoms with Crippen LogP contribution in [0.4, 0.5) is 0 Å². The Balaban J connectivity index is 1.53. The number of nitrogens with zero attached hydrogens (tertiary/aromatic N) is 2. The first-order valence-electron chi connectivity index (χ1n) is 9.38. The van der Waals surface area contributed by atoms with Crippen LogP contribution in [0.25, 0.3) is 0 Å². The van der Waals surface area contributed by atoms with E-state index < -0.39 is 0 Å². The Morgan fingerprint density at radius 2 is 1.92 bits per heavy atom. The molecule has 4 fully saturated rings. The molecule has 4 aliphatic carbocycles. The van der Waals surface area contributed by atoms with Crippen LogP contribution < -0.4 is 5.32 Å². The lowest BCUT2D eigenvalue weighted by Gasteiger charge is -2.64. The highest BCUT2D eigenvalue weighted by Crippen LogP contribution is 2.69. The van der Waals surface area contributed by atoms with Crippen LogP contribution >= 0.6 is 0 Å². The molecule has 4 bridgehead atoms. The summed E-state index contributed by atoms with van der Waals surface area (Å²) in [5.41, 5.74) is 0.494. The van der Waals surface area contributed by atoms with Crippen molar-refractivity contribution in [1.29, 1.82) is 0 Å². The summed E-state index contributed by atoms with van der Waals surface area (Å²) in [7, 11) is 0. The highest BCUT2D eigenvalue weighted by molar-refractivity contribution is 5.83. The maximum absolute atomic E-state index is 13.2. The van der Waals surface area contributed by atoms with E-state index >= 15 is 0 Å². The normalized spacial score (nSPS) is 41.4. The zero-order chi connectivity index (χ0) is 17.2. The van der Waals surface area contributed by atoms with Crippen LogP contribution in [0.15, 0.2) is 4.52 Å². The molecule has 0 unspecified atom stereocenters. The number of rotatable bonds is 4. The van der Waals surface area contributed by atoms with Gasteiger partial charge in [0, 0.05) is 6.42 Å². The summed E-state index contributed by atoms with van der Waals surface area (Å²) in [5, 5.41) is 7.13. The fourth-order valence-corrected chi connectivity index (χ4v) is 6.70. The van der Waals surface area contributed by atoms with E-state index in [2.05, 4.69) is 29.3 Å². The van der Waals surface area contributed by atoms with Crippen molar-refractivity contribution in [2.75, 3.05) is 0 Å². The first kappa shape index (κ1) is 16.1. The molecule has 4 aliphatic rings. The van der Waals surface area contributed by atoms with Gasteiger partial charge in [0.2, 0.25) is 11.8 Å². The van der Waals surface area contributed by atoms with Gasteiger partial charge in [-0.3, -0.25) is 4.79 Å². The SMILES string of the molecule is CCc1noc([C@H](C)NC(=O)C23CC4C[C@@](C)(C2)C[C@@](C)(C4)C3)n1. The van der Waals surface area contributed by atoms with Crippen molar-refractivity contribution in [3.8, 4) is 0 Å². The predicted octanol–water partition coefficient (Wildman–Crippen LogP) is 3.81. The Bertz CT molecular complexity index is 649. The first-order chi connectivity index (χ1) is 11.2. The minimum atomic E-state index is -0.223. The lowest BCUT2D eigenvalue weighted by atomic mass is 9.40. The van der Waals surface area contributed by atoms with Gasteiger partial charge in [-0.05, 0) is 62.2 Å². The molecule has 1 aromatic rings. The third-order valence-electron chi connectivity index (χ3n) is 6.63. The Hall–Kier alpha value is -1.39. The number of hydrogen-bond donors (Lipinski definition) is 1. The van der Waals surface area contributed by atoms with Gasteiger partial charge in [0.15, 0.2) is 5.82 Å². The second-order valence-corrected chi connectivity index (χ2v) is 9.51. The summed E-state index contributed by atoms with van der Waals surface area (Å²) in [5.74, 6) is 2.13. The number of carbonyl (C=O) groups is 1. The van der Waals surface area contributed by atoms with Crippen molar-refractivity contribution in [3.63, 3.8) is 0 Å². The summed E-state index contributed by atoms with van der Waals surface area (Å²) in [6.07, 6.45) is 7.76. The Morgan fingerprint density at radius 3 is 2.46 bits per heavy atom. The molecule has 24 heavy (non-hydrogen) atoms. The molecule has 1 heterocycles. The summed E-state index contributed by atoms with van der Waals surface area (Å²) in [6, 6.07) is -0.223. The van der Waals surface area contributed by atoms with Gasteiger partial charge < -0.3 is 9.84 Å². The minimum absolute atomic E-state index is 0.190. The maximum Gasteiger partial charge on any atom is 0.248 e. The second kappa shape index (κ2) is 5.06. The van der Waals surface area contributed by atoms with Gasteiger partial charge in [0.05, 0.1) is 5.41 Å². The van der Waals surface area contributed by atoms with Gasteiger partial charge in [-0.25, -0.2) is 0 Å². The summed E-state index contributed by atoms with van der Waals surface area (Å²) >= 11 is 0. The molecule has 0 aromatic carbocycles. The Labute approximate surface area is 144 Å². The summed E-state index contributed by atoms with van der Waals surface area (Å²) < 4.78 is 5.30. The van der Waals surface area contributed by atoms with Crippen molar-refractivity contribution in [3.05, 3.63) is 11.7 Å². The number of hydrogen-bond acceptors (Lipinski definition) is 4. The highest BCUT2D eigenvalue weighted by atomic mass is 16.5. The van der Waals surface area contributed by atoms with Gasteiger partial charge in [-0.15, -0.1) is 0 Å². The zero-order valence-electron chi connectivity index (χ0n) is 15.3. The topological polar surface area (TPSA) is 68.0 Å². The molecule has 5 heteroatoms. The summed E-state index contributed by atoms with van der Waals surface area (Å²) in [4.78, 5) is 17.6. The fourth-order valence-electron chi connectivity index (χ4n) is 6.70. The molecule has 132 valence electrons. The molecule has 3 atom stereocenters. The van der Waals surface area contributed by atoms with E-state index in [-0.39, 0.29) is 17.4 Å². The van der Waals surface area contributed by atoms with E-state index in [0.29, 0.717) is 28.5 Å². The molecule has 0 aliphatic heterocycles. The number of amides is 1. The van der Waals surface area contributed by atoms with Crippen molar-refractivity contribution in [2.24, 2.45) is 22.2 Å². The molecule has 0 saturated heterocycles. The highest BCUT2D eigenvalue weighted by Gasteiger charge is 2.62. The van der Waals surface area contributed by atoms with Crippen LogP contribution in [0, 0.1) is 22.2 Å². The molecule has 1 amide bonds. The van der Waals surface area contributed by atoms with Crippen LogP contribution in [0.1, 0.15) is 84.0 Å². The van der Waals surface area contributed by atoms with Crippen molar-refractivity contribution >= 4 is 5.91 Å². The average Bonchev–Trinajstić information content (AvgIpc) is 2.92. The van der Waals surface area contributed by atoms with E-state index in [0.717, 1.165) is 25.7 Å². The molecule has 4 saturated carbocycles. The van der Waals surface area contributed by atoms with Crippen LogP contribution in [-0.4, -0.2) is 16.0 Å². The molecule has 0 spiro atoms. The monoisotopic (exact) mass is 331 g/mol. The summed E-state index contributed by atoms with van der Waals surface area (Å²) in [6.45, 7) is 8.73. The van der Waals surface area contributed by atoms with E-state index in [4.69, 9.17) is 4.52 Å². The van der Waals surface area contributed by atoms with Gasteiger partial charge in [-0.2, -0.15) is 4.98 Å². The number of carbonyl (C=O) groups excluding carboxylic acids is 1. The Morgan fingerprint density at radius 1 is 1.25 bits per heavy atom. The smallest absolute Gasteiger partial charge is 0.248 e. The molecular formula is C19H29N3O2. The maximum atomic E-state index is 13.2. The van der Waals surface area contributed by atoms with Gasteiger partial charge in [0.1, 0.15) is 6.04 Å². The predicted molar refractivity (Wildman–Crippen MR) is 90.1 cm³/mol. The van der Waals surface area contributed by atoms with Crippen LogP contribution in [0.5, 0.6) is 0 Å². The molecule has 1 aromatic heterocycles.